The normalized spacial score (nSPS) is 12.6. The molecule has 14 heavy (non-hydrogen) atoms. The zero-order valence-corrected chi connectivity index (χ0v) is 10.1. The van der Waals surface area contributed by atoms with Gasteiger partial charge in [-0.15, -0.1) is 0 Å². The number of aliphatic hydroxyl groups excluding tert-OH is 1. The zero-order chi connectivity index (χ0) is 10.7. The minimum atomic E-state index is 0.0237. The number of hydrogen-bond acceptors (Lipinski definition) is 4. The third-order valence-electron chi connectivity index (χ3n) is 2.15. The van der Waals surface area contributed by atoms with Crippen LogP contribution in [0.1, 0.15) is 12.6 Å². The highest BCUT2D eigenvalue weighted by Gasteiger charge is 2.11. The van der Waals surface area contributed by atoms with Crippen molar-refractivity contribution in [2.45, 2.75) is 19.9 Å². The van der Waals surface area contributed by atoms with Crippen molar-refractivity contribution in [3.63, 3.8) is 0 Å². The highest BCUT2D eigenvalue weighted by Crippen LogP contribution is 2.16. The van der Waals surface area contributed by atoms with Gasteiger partial charge < -0.3 is 10.0 Å². The fourth-order valence-corrected chi connectivity index (χ4v) is 1.12. The first kappa shape index (κ1) is 11.4. The lowest BCUT2D eigenvalue weighted by atomic mass is 10.3. The number of likely N-dealkylation sites (N-methyl/N-ethyl adjacent to an activating group) is 1. The molecule has 0 radical (unpaired) electrons. The Labute approximate surface area is 92.1 Å². The van der Waals surface area contributed by atoms with Crippen LogP contribution in [0.2, 0.25) is 0 Å². The van der Waals surface area contributed by atoms with Crippen LogP contribution < -0.4 is 4.90 Å². The zero-order valence-electron chi connectivity index (χ0n) is 8.53. The molecule has 0 saturated carbocycles. The van der Waals surface area contributed by atoms with Gasteiger partial charge in [0.05, 0.1) is 22.8 Å². The summed E-state index contributed by atoms with van der Waals surface area (Å²) in [6, 6.07) is 0.0237. The van der Waals surface area contributed by atoms with Gasteiger partial charge in [0, 0.05) is 13.2 Å². The van der Waals surface area contributed by atoms with Gasteiger partial charge in [0.2, 0.25) is 5.95 Å². The van der Waals surface area contributed by atoms with E-state index >= 15 is 0 Å². The van der Waals surface area contributed by atoms with Crippen molar-refractivity contribution in [2.24, 2.45) is 0 Å². The molecule has 4 nitrogen and oxygen atoms in total. The van der Waals surface area contributed by atoms with Gasteiger partial charge in [0.15, 0.2) is 0 Å². The number of halogens is 1. The molecule has 1 rings (SSSR count). The summed E-state index contributed by atoms with van der Waals surface area (Å²) in [5.41, 5.74) is 0.895. The molecule has 0 spiro atoms. The molecule has 0 saturated heterocycles. The van der Waals surface area contributed by atoms with Gasteiger partial charge in [-0.25, -0.2) is 9.97 Å². The van der Waals surface area contributed by atoms with E-state index in [1.54, 1.807) is 6.20 Å². The molecule has 0 amide bonds. The molecule has 0 aliphatic carbocycles. The van der Waals surface area contributed by atoms with E-state index in [2.05, 4.69) is 25.9 Å². The molecule has 1 heterocycles. The standard InChI is InChI=1S/C9H14BrN3O/c1-6(5-14)13(3)9-11-4-8(10)7(2)12-9/h4,6,14H,5H2,1-3H3. The topological polar surface area (TPSA) is 49.2 Å². The maximum atomic E-state index is 8.98. The number of aliphatic hydroxyl groups is 1. The lowest BCUT2D eigenvalue weighted by molar-refractivity contribution is 0.269. The molecule has 0 aliphatic heterocycles. The van der Waals surface area contributed by atoms with Gasteiger partial charge >= 0.3 is 0 Å². The molecule has 5 heteroatoms. The van der Waals surface area contributed by atoms with Crippen LogP contribution in [0.3, 0.4) is 0 Å². The Bertz CT molecular complexity index is 319. The molecule has 0 aromatic carbocycles. The first-order valence-corrected chi connectivity index (χ1v) is 5.18. The average molecular weight is 260 g/mol. The number of aromatic nitrogens is 2. The number of rotatable bonds is 3. The average Bonchev–Trinajstić information content (AvgIpc) is 2.20. The van der Waals surface area contributed by atoms with Crippen molar-refractivity contribution in [1.29, 1.82) is 0 Å². The molecule has 1 unspecified atom stereocenters. The van der Waals surface area contributed by atoms with Crippen molar-refractivity contribution in [1.82, 2.24) is 9.97 Å². The Morgan fingerprint density at radius 3 is 2.79 bits per heavy atom. The molecule has 78 valence electrons. The maximum absolute atomic E-state index is 8.98. The molecule has 0 fully saturated rings. The van der Waals surface area contributed by atoms with Crippen molar-refractivity contribution < 1.29 is 5.11 Å². The van der Waals surface area contributed by atoms with Gasteiger partial charge in [-0.05, 0) is 29.8 Å². The Morgan fingerprint density at radius 1 is 1.64 bits per heavy atom. The summed E-state index contributed by atoms with van der Waals surface area (Å²) >= 11 is 3.34. The number of nitrogens with zero attached hydrogens (tertiary/aromatic N) is 3. The van der Waals surface area contributed by atoms with Crippen molar-refractivity contribution in [3.8, 4) is 0 Å². The Balaban J connectivity index is 2.91. The summed E-state index contributed by atoms with van der Waals surface area (Å²) in [5.74, 6) is 0.632. The van der Waals surface area contributed by atoms with Gasteiger partial charge in [-0.1, -0.05) is 0 Å². The SMILES string of the molecule is Cc1nc(N(C)C(C)CO)ncc1Br. The largest absolute Gasteiger partial charge is 0.394 e. The summed E-state index contributed by atoms with van der Waals surface area (Å²) in [6.45, 7) is 3.92. The Morgan fingerprint density at radius 2 is 2.29 bits per heavy atom. The number of anilines is 1. The number of aryl methyl sites for hydroxylation is 1. The van der Waals surface area contributed by atoms with Crippen LogP contribution in [-0.4, -0.2) is 34.8 Å². The minimum Gasteiger partial charge on any atom is -0.394 e. The highest BCUT2D eigenvalue weighted by atomic mass is 79.9. The molecule has 1 aromatic rings. The van der Waals surface area contributed by atoms with Crippen LogP contribution in [0.4, 0.5) is 5.95 Å². The third kappa shape index (κ3) is 2.42. The van der Waals surface area contributed by atoms with E-state index in [-0.39, 0.29) is 12.6 Å². The van der Waals surface area contributed by atoms with E-state index in [0.29, 0.717) is 5.95 Å². The van der Waals surface area contributed by atoms with Gasteiger partial charge in [-0.2, -0.15) is 0 Å². The van der Waals surface area contributed by atoms with E-state index < -0.39 is 0 Å². The molecule has 0 bridgehead atoms. The van der Waals surface area contributed by atoms with Crippen LogP contribution in [-0.2, 0) is 0 Å². The monoisotopic (exact) mass is 259 g/mol. The van der Waals surface area contributed by atoms with E-state index in [1.807, 2.05) is 25.8 Å². The molecular formula is C9H14BrN3O. The first-order chi connectivity index (χ1) is 6.56. The first-order valence-electron chi connectivity index (χ1n) is 4.39. The van der Waals surface area contributed by atoms with E-state index in [0.717, 1.165) is 10.2 Å². The predicted octanol–water partition coefficient (Wildman–Crippen LogP) is 1.36. The molecule has 1 N–H and O–H groups in total. The fraction of sp³-hybridized carbons (Fsp3) is 0.556. The van der Waals surface area contributed by atoms with Gasteiger partial charge in [0.1, 0.15) is 0 Å². The summed E-state index contributed by atoms with van der Waals surface area (Å²) in [6.07, 6.45) is 1.72. The predicted molar refractivity (Wildman–Crippen MR) is 59.4 cm³/mol. The van der Waals surface area contributed by atoms with Crippen LogP contribution in [0, 0.1) is 6.92 Å². The van der Waals surface area contributed by atoms with E-state index in [4.69, 9.17) is 5.11 Å². The Kier molecular flexibility index (Phi) is 3.83. The molecule has 0 aliphatic rings. The van der Waals surface area contributed by atoms with Crippen molar-refractivity contribution in [3.05, 3.63) is 16.4 Å². The van der Waals surface area contributed by atoms with Gasteiger partial charge in [-0.3, -0.25) is 0 Å². The summed E-state index contributed by atoms with van der Waals surface area (Å²) in [4.78, 5) is 10.3. The second-order valence-corrected chi connectivity index (χ2v) is 4.10. The highest BCUT2D eigenvalue weighted by molar-refractivity contribution is 9.10. The second-order valence-electron chi connectivity index (χ2n) is 3.25. The second kappa shape index (κ2) is 4.70. The quantitative estimate of drug-likeness (QED) is 0.891. The van der Waals surface area contributed by atoms with Crippen LogP contribution in [0.25, 0.3) is 0 Å². The van der Waals surface area contributed by atoms with E-state index in [1.165, 1.54) is 0 Å². The van der Waals surface area contributed by atoms with Crippen molar-refractivity contribution >= 4 is 21.9 Å². The maximum Gasteiger partial charge on any atom is 0.225 e. The lowest BCUT2D eigenvalue weighted by Gasteiger charge is -2.23. The summed E-state index contributed by atoms with van der Waals surface area (Å²) in [5, 5.41) is 8.98. The fourth-order valence-electron chi connectivity index (χ4n) is 0.930. The van der Waals surface area contributed by atoms with E-state index in [9.17, 15) is 0 Å². The molecular weight excluding hydrogens is 246 g/mol. The number of hydrogen-bond donors (Lipinski definition) is 1. The van der Waals surface area contributed by atoms with Crippen molar-refractivity contribution in [2.75, 3.05) is 18.6 Å². The van der Waals surface area contributed by atoms with Crippen LogP contribution in [0.5, 0.6) is 0 Å². The summed E-state index contributed by atoms with van der Waals surface area (Å²) in [7, 11) is 1.86. The Hall–Kier alpha value is -0.680. The summed E-state index contributed by atoms with van der Waals surface area (Å²) < 4.78 is 0.895. The lowest BCUT2D eigenvalue weighted by Crippen LogP contribution is -2.33. The van der Waals surface area contributed by atoms with Crippen LogP contribution >= 0.6 is 15.9 Å². The molecule has 1 aromatic heterocycles. The van der Waals surface area contributed by atoms with Crippen LogP contribution in [0.15, 0.2) is 10.7 Å². The molecule has 1 atom stereocenters. The van der Waals surface area contributed by atoms with Gasteiger partial charge in [0.25, 0.3) is 0 Å². The third-order valence-corrected chi connectivity index (χ3v) is 2.93. The smallest absolute Gasteiger partial charge is 0.225 e. The minimum absolute atomic E-state index is 0.0237.